The van der Waals surface area contributed by atoms with Crippen LogP contribution in [0.25, 0.3) is 0 Å². The van der Waals surface area contributed by atoms with Crippen LogP contribution < -0.4 is 5.73 Å². The van der Waals surface area contributed by atoms with E-state index < -0.39 is 5.54 Å². The van der Waals surface area contributed by atoms with Gasteiger partial charge in [-0.05, 0) is 26.7 Å². The van der Waals surface area contributed by atoms with Crippen molar-refractivity contribution in [1.82, 2.24) is 4.90 Å². The lowest BCUT2D eigenvalue weighted by atomic mass is 9.63. The molecule has 0 spiro atoms. The maximum absolute atomic E-state index is 12.5. The van der Waals surface area contributed by atoms with Crippen LogP contribution in [0.2, 0.25) is 0 Å². The van der Waals surface area contributed by atoms with Crippen LogP contribution in [-0.2, 0) is 9.53 Å². The molecule has 3 unspecified atom stereocenters. The van der Waals surface area contributed by atoms with Crippen molar-refractivity contribution < 1.29 is 9.53 Å². The van der Waals surface area contributed by atoms with E-state index in [1.54, 1.807) is 0 Å². The number of hydrogen-bond donors (Lipinski definition) is 1. The molecule has 1 aliphatic carbocycles. The Labute approximate surface area is 129 Å². The summed E-state index contributed by atoms with van der Waals surface area (Å²) in [5, 5.41) is 0. The summed E-state index contributed by atoms with van der Waals surface area (Å²) in [6, 6.07) is 0.219. The monoisotopic (exact) mass is 306 g/mol. The Balaban J connectivity index is 0.00000361. The first kappa shape index (κ1) is 19.7. The van der Waals surface area contributed by atoms with Crippen molar-refractivity contribution in [3.63, 3.8) is 0 Å². The predicted octanol–water partition coefficient (Wildman–Crippen LogP) is 2.59. The Bertz CT molecular complexity index is 332. The Hall–Kier alpha value is -0.320. The van der Waals surface area contributed by atoms with E-state index in [1.165, 1.54) is 0 Å². The third-order valence-corrected chi connectivity index (χ3v) is 4.54. The predicted molar refractivity (Wildman–Crippen MR) is 85.1 cm³/mol. The zero-order valence-electron chi connectivity index (χ0n) is 13.7. The van der Waals surface area contributed by atoms with E-state index in [-0.39, 0.29) is 35.9 Å². The smallest absolute Gasteiger partial charge is 0.242 e. The van der Waals surface area contributed by atoms with Gasteiger partial charge >= 0.3 is 0 Å². The molecule has 1 aliphatic rings. The van der Waals surface area contributed by atoms with Crippen LogP contribution in [0.5, 0.6) is 0 Å². The second-order valence-corrected chi connectivity index (χ2v) is 6.60. The van der Waals surface area contributed by atoms with Crippen molar-refractivity contribution in [1.29, 1.82) is 0 Å². The van der Waals surface area contributed by atoms with Crippen molar-refractivity contribution in [2.24, 2.45) is 11.1 Å². The molecule has 0 aliphatic heterocycles. The van der Waals surface area contributed by atoms with Crippen molar-refractivity contribution >= 4 is 18.3 Å². The molecule has 0 radical (unpaired) electrons. The molecule has 0 aromatic carbocycles. The molecule has 1 fully saturated rings. The van der Waals surface area contributed by atoms with Gasteiger partial charge in [0.15, 0.2) is 0 Å². The fourth-order valence-electron chi connectivity index (χ4n) is 3.18. The summed E-state index contributed by atoms with van der Waals surface area (Å²) >= 11 is 0. The fourth-order valence-corrected chi connectivity index (χ4v) is 3.18. The number of ether oxygens (including phenoxy) is 1. The van der Waals surface area contributed by atoms with E-state index in [4.69, 9.17) is 10.5 Å². The van der Waals surface area contributed by atoms with Gasteiger partial charge in [0.2, 0.25) is 5.91 Å². The topological polar surface area (TPSA) is 55.6 Å². The first-order chi connectivity index (χ1) is 8.68. The second-order valence-electron chi connectivity index (χ2n) is 6.60. The average molecular weight is 307 g/mol. The maximum Gasteiger partial charge on any atom is 0.242 e. The Morgan fingerprint density at radius 1 is 1.45 bits per heavy atom. The lowest BCUT2D eigenvalue weighted by molar-refractivity contribution is -0.167. The molecule has 0 bridgehead atoms. The molecule has 1 rings (SSSR count). The Kier molecular flexibility index (Phi) is 6.99. The van der Waals surface area contributed by atoms with Crippen LogP contribution in [0.15, 0.2) is 0 Å². The summed E-state index contributed by atoms with van der Waals surface area (Å²) in [6.07, 6.45) is 2.79. The third-order valence-electron chi connectivity index (χ3n) is 4.54. The van der Waals surface area contributed by atoms with Crippen LogP contribution in [-0.4, -0.2) is 42.1 Å². The highest BCUT2D eigenvalue weighted by molar-refractivity contribution is 5.86. The molecular formula is C15H31ClN2O2. The van der Waals surface area contributed by atoms with Gasteiger partial charge in [-0.2, -0.15) is 0 Å². The summed E-state index contributed by atoms with van der Waals surface area (Å²) in [6.45, 7) is 11.0. The molecule has 1 amide bonds. The van der Waals surface area contributed by atoms with Crippen LogP contribution in [0.3, 0.4) is 0 Å². The Morgan fingerprint density at radius 3 is 2.40 bits per heavy atom. The van der Waals surface area contributed by atoms with E-state index in [0.29, 0.717) is 0 Å². The van der Waals surface area contributed by atoms with E-state index in [0.717, 1.165) is 25.9 Å². The molecule has 20 heavy (non-hydrogen) atoms. The SMILES string of the molecule is CCCC(C)(N)C(=O)N(C)C1CC(OCC)C1(C)C.Cl. The lowest BCUT2D eigenvalue weighted by Crippen LogP contribution is -2.65. The number of amides is 1. The first-order valence-corrected chi connectivity index (χ1v) is 7.36. The van der Waals surface area contributed by atoms with Gasteiger partial charge in [0, 0.05) is 25.1 Å². The number of hydrogen-bond acceptors (Lipinski definition) is 3. The fraction of sp³-hybridized carbons (Fsp3) is 0.933. The Morgan fingerprint density at radius 2 is 2.00 bits per heavy atom. The average Bonchev–Trinajstić information content (AvgIpc) is 2.32. The number of rotatable bonds is 6. The summed E-state index contributed by atoms with van der Waals surface area (Å²) in [7, 11) is 1.87. The largest absolute Gasteiger partial charge is 0.378 e. The van der Waals surface area contributed by atoms with Gasteiger partial charge in [-0.1, -0.05) is 27.2 Å². The van der Waals surface area contributed by atoms with Crippen molar-refractivity contribution in [2.45, 2.75) is 71.6 Å². The maximum atomic E-state index is 12.5. The van der Waals surface area contributed by atoms with Crippen molar-refractivity contribution in [2.75, 3.05) is 13.7 Å². The lowest BCUT2D eigenvalue weighted by Gasteiger charge is -2.55. The second kappa shape index (κ2) is 7.10. The minimum absolute atomic E-state index is 0. The normalized spacial score (nSPS) is 26.9. The van der Waals surface area contributed by atoms with Gasteiger partial charge in [-0.3, -0.25) is 4.79 Å². The first-order valence-electron chi connectivity index (χ1n) is 7.36. The molecule has 0 heterocycles. The summed E-state index contributed by atoms with van der Waals surface area (Å²) in [5.41, 5.74) is 5.40. The van der Waals surface area contributed by atoms with Gasteiger partial charge in [-0.25, -0.2) is 0 Å². The summed E-state index contributed by atoms with van der Waals surface area (Å²) in [5.74, 6) is 0.0439. The highest BCUT2D eigenvalue weighted by atomic mass is 35.5. The van der Waals surface area contributed by atoms with Gasteiger partial charge in [0.25, 0.3) is 0 Å². The quantitative estimate of drug-likeness (QED) is 0.820. The van der Waals surface area contributed by atoms with Gasteiger partial charge in [0.05, 0.1) is 11.6 Å². The molecular weight excluding hydrogens is 276 g/mol. The van der Waals surface area contributed by atoms with E-state index in [2.05, 4.69) is 20.8 Å². The zero-order chi connectivity index (χ0) is 14.8. The third kappa shape index (κ3) is 3.66. The number of nitrogens with two attached hydrogens (primary N) is 1. The molecule has 3 atom stereocenters. The summed E-state index contributed by atoms with van der Waals surface area (Å²) < 4.78 is 5.72. The standard InChI is InChI=1S/C15H30N2O2.ClH/c1-7-9-15(5,16)13(18)17(6)11-10-12(19-8-2)14(11,3)4;/h11-12H,7-10,16H2,1-6H3;1H. The summed E-state index contributed by atoms with van der Waals surface area (Å²) in [4.78, 5) is 14.3. The van der Waals surface area contributed by atoms with Crippen LogP contribution in [0.4, 0.5) is 0 Å². The molecule has 1 saturated carbocycles. The highest BCUT2D eigenvalue weighted by Gasteiger charge is 2.52. The minimum atomic E-state index is -0.754. The number of nitrogens with zero attached hydrogens (tertiary/aromatic N) is 1. The number of likely N-dealkylation sites (N-methyl/N-ethyl adjacent to an activating group) is 1. The number of carbonyl (C=O) groups excluding carboxylic acids is 1. The molecule has 0 aromatic rings. The molecule has 0 saturated heterocycles. The van der Waals surface area contributed by atoms with Crippen LogP contribution in [0.1, 0.15) is 53.9 Å². The highest BCUT2D eigenvalue weighted by Crippen LogP contribution is 2.45. The molecule has 5 heteroatoms. The molecule has 0 aromatic heterocycles. The van der Waals surface area contributed by atoms with Gasteiger partial charge in [0.1, 0.15) is 0 Å². The minimum Gasteiger partial charge on any atom is -0.378 e. The van der Waals surface area contributed by atoms with Crippen LogP contribution >= 0.6 is 12.4 Å². The number of halogens is 1. The van der Waals surface area contributed by atoms with E-state index >= 15 is 0 Å². The molecule has 2 N–H and O–H groups in total. The van der Waals surface area contributed by atoms with E-state index in [1.807, 2.05) is 25.8 Å². The molecule has 120 valence electrons. The van der Waals surface area contributed by atoms with Gasteiger partial charge < -0.3 is 15.4 Å². The number of carbonyl (C=O) groups is 1. The van der Waals surface area contributed by atoms with Crippen LogP contribution in [0, 0.1) is 5.41 Å². The van der Waals surface area contributed by atoms with Gasteiger partial charge in [-0.15, -0.1) is 12.4 Å². The van der Waals surface area contributed by atoms with E-state index in [9.17, 15) is 4.79 Å². The van der Waals surface area contributed by atoms with Crippen molar-refractivity contribution in [3.8, 4) is 0 Å². The zero-order valence-corrected chi connectivity index (χ0v) is 14.5. The molecule has 4 nitrogen and oxygen atoms in total. The van der Waals surface area contributed by atoms with Crippen molar-refractivity contribution in [3.05, 3.63) is 0 Å².